The number of carbonyl (C=O) groups is 2. The molecule has 3 N–H and O–H groups in total. The van der Waals surface area contributed by atoms with Crippen LogP contribution < -0.4 is 15.4 Å². The number of carboxylic acid groups (broad SMARTS) is 1. The third kappa shape index (κ3) is 5.98. The number of esters is 1. The molecule has 1 fully saturated rings. The minimum Gasteiger partial charge on any atom is -0.478 e. The summed E-state index contributed by atoms with van der Waals surface area (Å²) in [5, 5.41) is 15.1. The number of piperazine rings is 1. The van der Waals surface area contributed by atoms with Crippen molar-refractivity contribution >= 4 is 11.9 Å². The van der Waals surface area contributed by atoms with Crippen molar-refractivity contribution in [2.45, 2.75) is 6.92 Å². The molecule has 1 aliphatic rings. The van der Waals surface area contributed by atoms with Gasteiger partial charge in [0.2, 0.25) is 0 Å². The second kappa shape index (κ2) is 8.23. The van der Waals surface area contributed by atoms with E-state index in [4.69, 9.17) is 5.11 Å². The average Bonchev–Trinajstić information content (AvgIpc) is 2.41. The van der Waals surface area contributed by atoms with Crippen molar-refractivity contribution < 1.29 is 19.4 Å². The monoisotopic (exact) mass is 266 g/mol. The fraction of sp³-hybridized carbons (Fsp3) is 0.385. The summed E-state index contributed by atoms with van der Waals surface area (Å²) in [5.41, 5.74) is -0.0160. The van der Waals surface area contributed by atoms with Crippen LogP contribution in [0.25, 0.3) is 0 Å². The van der Waals surface area contributed by atoms with Gasteiger partial charge >= 0.3 is 11.9 Å². The second-order valence-corrected chi connectivity index (χ2v) is 3.89. The fourth-order valence-corrected chi connectivity index (χ4v) is 1.49. The summed E-state index contributed by atoms with van der Waals surface area (Å²) >= 11 is 0. The summed E-state index contributed by atoms with van der Waals surface area (Å²) in [5.74, 6) is -1.58. The Morgan fingerprint density at radius 2 is 1.63 bits per heavy atom. The number of nitrogens with one attached hydrogen (secondary N) is 2. The van der Waals surface area contributed by atoms with Crippen molar-refractivity contribution in [1.29, 1.82) is 0 Å². The van der Waals surface area contributed by atoms with Crippen molar-refractivity contribution in [3.8, 4) is 5.75 Å². The molecule has 0 spiro atoms. The molecule has 2 rings (SSSR count). The van der Waals surface area contributed by atoms with Gasteiger partial charge in [0.05, 0.1) is 0 Å². The van der Waals surface area contributed by atoms with E-state index >= 15 is 0 Å². The molecule has 1 aliphatic heterocycles. The van der Waals surface area contributed by atoms with E-state index < -0.39 is 11.9 Å². The minimum absolute atomic E-state index is 0.0160. The van der Waals surface area contributed by atoms with Gasteiger partial charge in [0.25, 0.3) is 0 Å². The third-order valence-electron chi connectivity index (χ3n) is 2.33. The molecule has 0 atom stereocenters. The lowest BCUT2D eigenvalue weighted by atomic mass is 10.2. The summed E-state index contributed by atoms with van der Waals surface area (Å²) in [6.45, 7) is 5.78. The molecule has 1 heterocycles. The Morgan fingerprint density at radius 1 is 1.11 bits per heavy atom. The van der Waals surface area contributed by atoms with Gasteiger partial charge in [-0.2, -0.15) is 0 Å². The summed E-state index contributed by atoms with van der Waals surface area (Å²) in [6, 6.07) is 5.98. The molecule has 0 bridgehead atoms. The van der Waals surface area contributed by atoms with Gasteiger partial charge in [-0.25, -0.2) is 4.79 Å². The predicted molar refractivity (Wildman–Crippen MR) is 70.4 cm³/mol. The summed E-state index contributed by atoms with van der Waals surface area (Å²) in [7, 11) is 0. The SMILES string of the molecule is C1CNCCN1.CC(=O)Oc1ccccc1C(=O)O. The summed E-state index contributed by atoms with van der Waals surface area (Å²) < 4.78 is 4.69. The molecule has 0 radical (unpaired) electrons. The van der Waals surface area contributed by atoms with E-state index in [1.807, 2.05) is 0 Å². The molecule has 0 aliphatic carbocycles. The first-order chi connectivity index (χ1) is 9.11. The van der Waals surface area contributed by atoms with Gasteiger partial charge in [0.1, 0.15) is 11.3 Å². The Balaban J connectivity index is 0.000000250. The van der Waals surface area contributed by atoms with E-state index in [1.54, 1.807) is 12.1 Å². The number of aromatic carboxylic acids is 1. The number of para-hydroxylation sites is 1. The number of carbonyl (C=O) groups excluding carboxylic acids is 1. The Bertz CT molecular complexity index is 419. The lowest BCUT2D eigenvalue weighted by molar-refractivity contribution is -0.131. The van der Waals surface area contributed by atoms with E-state index in [0.29, 0.717) is 0 Å². The van der Waals surface area contributed by atoms with Gasteiger partial charge in [-0.3, -0.25) is 4.79 Å². The van der Waals surface area contributed by atoms with Crippen LogP contribution in [0.2, 0.25) is 0 Å². The zero-order valence-electron chi connectivity index (χ0n) is 10.8. The maximum Gasteiger partial charge on any atom is 0.339 e. The highest BCUT2D eigenvalue weighted by Gasteiger charge is 2.10. The molecule has 6 nitrogen and oxygen atoms in total. The fourth-order valence-electron chi connectivity index (χ4n) is 1.49. The average molecular weight is 266 g/mol. The summed E-state index contributed by atoms with van der Waals surface area (Å²) in [4.78, 5) is 21.2. The van der Waals surface area contributed by atoms with Crippen LogP contribution >= 0.6 is 0 Å². The molecule has 6 heteroatoms. The van der Waals surface area contributed by atoms with Gasteiger partial charge in [0, 0.05) is 33.1 Å². The lowest BCUT2D eigenvalue weighted by Gasteiger charge is -2.11. The Morgan fingerprint density at radius 3 is 2.05 bits per heavy atom. The zero-order valence-corrected chi connectivity index (χ0v) is 10.8. The van der Waals surface area contributed by atoms with Crippen LogP contribution in [0.1, 0.15) is 17.3 Å². The lowest BCUT2D eigenvalue weighted by Crippen LogP contribution is -2.39. The molecule has 1 aromatic carbocycles. The molecule has 0 unspecified atom stereocenters. The van der Waals surface area contributed by atoms with Gasteiger partial charge in [-0.05, 0) is 12.1 Å². The number of hydrogen-bond donors (Lipinski definition) is 3. The normalized spacial score (nSPS) is 13.9. The second-order valence-electron chi connectivity index (χ2n) is 3.89. The van der Waals surface area contributed by atoms with Crippen molar-refractivity contribution in [2.75, 3.05) is 26.2 Å². The van der Waals surface area contributed by atoms with Gasteiger partial charge in [0.15, 0.2) is 0 Å². The first-order valence-electron chi connectivity index (χ1n) is 6.03. The topological polar surface area (TPSA) is 87.7 Å². The van der Waals surface area contributed by atoms with E-state index in [2.05, 4.69) is 15.4 Å². The van der Waals surface area contributed by atoms with Crippen molar-refractivity contribution in [2.24, 2.45) is 0 Å². The van der Waals surface area contributed by atoms with Crippen LogP contribution in [-0.2, 0) is 4.79 Å². The van der Waals surface area contributed by atoms with Crippen molar-refractivity contribution in [1.82, 2.24) is 10.6 Å². The Hall–Kier alpha value is -1.92. The maximum atomic E-state index is 10.6. The minimum atomic E-state index is -1.11. The van der Waals surface area contributed by atoms with Crippen molar-refractivity contribution in [3.63, 3.8) is 0 Å². The number of carboxylic acids is 1. The van der Waals surface area contributed by atoms with Gasteiger partial charge < -0.3 is 20.5 Å². The molecular weight excluding hydrogens is 248 g/mol. The molecule has 0 amide bonds. The van der Waals surface area contributed by atoms with E-state index in [1.165, 1.54) is 19.1 Å². The van der Waals surface area contributed by atoms with Gasteiger partial charge in [-0.1, -0.05) is 12.1 Å². The van der Waals surface area contributed by atoms with Crippen molar-refractivity contribution in [3.05, 3.63) is 29.8 Å². The van der Waals surface area contributed by atoms with Crippen LogP contribution in [-0.4, -0.2) is 43.2 Å². The molecule has 104 valence electrons. The number of ether oxygens (including phenoxy) is 1. The largest absolute Gasteiger partial charge is 0.478 e. The van der Waals surface area contributed by atoms with Crippen LogP contribution in [0.5, 0.6) is 5.75 Å². The number of rotatable bonds is 2. The zero-order chi connectivity index (χ0) is 14.1. The van der Waals surface area contributed by atoms with Crippen LogP contribution in [0.15, 0.2) is 24.3 Å². The summed E-state index contributed by atoms with van der Waals surface area (Å²) in [6.07, 6.45) is 0. The van der Waals surface area contributed by atoms with Gasteiger partial charge in [-0.15, -0.1) is 0 Å². The molecule has 0 aromatic heterocycles. The first-order valence-corrected chi connectivity index (χ1v) is 6.03. The van der Waals surface area contributed by atoms with Crippen LogP contribution in [0.3, 0.4) is 0 Å². The smallest absolute Gasteiger partial charge is 0.339 e. The van der Waals surface area contributed by atoms with E-state index in [-0.39, 0.29) is 11.3 Å². The first kappa shape index (κ1) is 15.1. The highest BCUT2D eigenvalue weighted by Crippen LogP contribution is 2.17. The Kier molecular flexibility index (Phi) is 6.56. The molecule has 1 aromatic rings. The molecule has 0 saturated carbocycles. The van der Waals surface area contributed by atoms with E-state index in [0.717, 1.165) is 26.2 Å². The predicted octanol–water partition coefficient (Wildman–Crippen LogP) is 0.489. The highest BCUT2D eigenvalue weighted by molar-refractivity contribution is 5.91. The van der Waals surface area contributed by atoms with Crippen LogP contribution in [0, 0.1) is 0 Å². The van der Waals surface area contributed by atoms with E-state index in [9.17, 15) is 9.59 Å². The third-order valence-corrected chi connectivity index (χ3v) is 2.33. The standard InChI is InChI=1S/C9H8O4.C4H10N2/c1-6(10)13-8-5-3-2-4-7(8)9(11)12;1-2-6-4-3-5-1/h2-5H,1H3,(H,11,12);5-6H,1-4H2. The Labute approximate surface area is 111 Å². The maximum absolute atomic E-state index is 10.6. The quantitative estimate of drug-likeness (QED) is 0.533. The highest BCUT2D eigenvalue weighted by atomic mass is 16.5. The molecule has 1 saturated heterocycles. The van der Waals surface area contributed by atoms with Crippen LogP contribution in [0.4, 0.5) is 0 Å². The number of benzene rings is 1. The molecule has 19 heavy (non-hydrogen) atoms. The number of hydrogen-bond acceptors (Lipinski definition) is 5. The molecular formula is C13H18N2O4.